The van der Waals surface area contributed by atoms with Gasteiger partial charge in [0.1, 0.15) is 6.10 Å². The highest BCUT2D eigenvalue weighted by Gasteiger charge is 2.50. The zero-order chi connectivity index (χ0) is 20.6. The van der Waals surface area contributed by atoms with Gasteiger partial charge in [0.2, 0.25) is 0 Å². The summed E-state index contributed by atoms with van der Waals surface area (Å²) in [7, 11) is 0. The van der Waals surface area contributed by atoms with E-state index in [2.05, 4.69) is 52.3 Å². The minimum absolute atomic E-state index is 0.0137. The molecule has 2 aromatic carbocycles. The van der Waals surface area contributed by atoms with E-state index in [4.69, 9.17) is 4.74 Å². The van der Waals surface area contributed by atoms with Crippen molar-refractivity contribution in [2.75, 3.05) is 32.7 Å². The van der Waals surface area contributed by atoms with Gasteiger partial charge < -0.3 is 9.84 Å². The number of cyclic esters (lactones) is 1. The highest BCUT2D eigenvalue weighted by molar-refractivity contribution is 5.83. The third kappa shape index (κ3) is 4.11. The van der Waals surface area contributed by atoms with E-state index in [-0.39, 0.29) is 23.6 Å². The van der Waals surface area contributed by atoms with Crippen LogP contribution in [0.15, 0.2) is 42.5 Å². The second-order valence-corrected chi connectivity index (χ2v) is 9.50. The van der Waals surface area contributed by atoms with Gasteiger partial charge in [-0.15, -0.1) is 0 Å². The van der Waals surface area contributed by atoms with Crippen LogP contribution in [-0.2, 0) is 16.1 Å². The Labute approximate surface area is 178 Å². The van der Waals surface area contributed by atoms with Crippen molar-refractivity contribution >= 4 is 16.7 Å². The molecule has 160 valence electrons. The van der Waals surface area contributed by atoms with E-state index >= 15 is 0 Å². The topological polar surface area (TPSA) is 53.0 Å². The first-order chi connectivity index (χ1) is 14.6. The zero-order valence-corrected chi connectivity index (χ0v) is 17.6. The van der Waals surface area contributed by atoms with Crippen LogP contribution < -0.4 is 0 Å². The fourth-order valence-electron chi connectivity index (χ4n) is 5.47. The number of nitrogens with zero attached hydrogens (tertiary/aromatic N) is 2. The van der Waals surface area contributed by atoms with Gasteiger partial charge in [0.05, 0.1) is 11.5 Å². The van der Waals surface area contributed by atoms with Crippen molar-refractivity contribution in [1.82, 2.24) is 9.80 Å². The number of ether oxygens (including phenoxy) is 1. The van der Waals surface area contributed by atoms with Gasteiger partial charge in [-0.2, -0.15) is 0 Å². The number of benzene rings is 2. The van der Waals surface area contributed by atoms with Gasteiger partial charge in [-0.3, -0.25) is 14.6 Å². The van der Waals surface area contributed by atoms with Gasteiger partial charge in [-0.25, -0.2) is 0 Å². The maximum absolute atomic E-state index is 12.8. The molecule has 0 bridgehead atoms. The van der Waals surface area contributed by atoms with E-state index in [1.165, 1.54) is 16.3 Å². The van der Waals surface area contributed by atoms with Crippen LogP contribution in [-0.4, -0.2) is 65.8 Å². The Morgan fingerprint density at radius 2 is 1.70 bits per heavy atom. The molecule has 0 saturated carbocycles. The Balaban J connectivity index is 1.16. The summed E-state index contributed by atoms with van der Waals surface area (Å²) in [5, 5.41) is 12.3. The summed E-state index contributed by atoms with van der Waals surface area (Å²) in [6.07, 6.45) is 4.16. The fraction of sp³-hybridized carbons (Fsp3) is 0.560. The maximum atomic E-state index is 12.8. The van der Waals surface area contributed by atoms with Crippen molar-refractivity contribution < 1.29 is 14.6 Å². The van der Waals surface area contributed by atoms with Crippen LogP contribution in [0.2, 0.25) is 0 Å². The highest BCUT2D eigenvalue weighted by Crippen LogP contribution is 2.43. The molecule has 3 aliphatic rings. The summed E-state index contributed by atoms with van der Waals surface area (Å²) in [5.74, 6) is 0.0231. The number of fused-ring (bicyclic) bond motifs is 1. The number of carbonyl (C=O) groups is 1. The lowest BCUT2D eigenvalue weighted by atomic mass is 9.76. The van der Waals surface area contributed by atoms with Gasteiger partial charge in [-0.1, -0.05) is 36.4 Å². The first-order valence-electron chi connectivity index (χ1n) is 11.4. The number of carbonyl (C=O) groups excluding carboxylic acids is 1. The molecule has 5 rings (SSSR count). The molecule has 3 aliphatic heterocycles. The van der Waals surface area contributed by atoms with Crippen LogP contribution in [0.5, 0.6) is 0 Å². The van der Waals surface area contributed by atoms with Gasteiger partial charge in [0.15, 0.2) is 0 Å². The number of rotatable bonds is 4. The van der Waals surface area contributed by atoms with Crippen molar-refractivity contribution in [3.05, 3.63) is 48.0 Å². The van der Waals surface area contributed by atoms with Gasteiger partial charge in [0.25, 0.3) is 0 Å². The molecule has 1 N–H and O–H groups in total. The molecule has 3 heterocycles. The Kier molecular flexibility index (Phi) is 5.52. The number of likely N-dealkylation sites (tertiary alicyclic amines) is 2. The number of esters is 1. The molecule has 1 atom stereocenters. The third-order valence-electron chi connectivity index (χ3n) is 7.38. The fourth-order valence-corrected chi connectivity index (χ4v) is 5.47. The molecular formula is C25H32N2O3. The minimum atomic E-state index is -0.278. The Morgan fingerprint density at radius 3 is 2.47 bits per heavy atom. The van der Waals surface area contributed by atoms with Crippen molar-refractivity contribution in [3.8, 4) is 0 Å². The molecule has 3 fully saturated rings. The standard InChI is InChI=1S/C25H32N2O3/c28-22-7-11-26(12-8-22)18-23-16-25(24(29)30-23)9-13-27(14-10-25)17-19-5-6-20-3-1-2-4-21(20)15-19/h1-6,15,22-23,28H,7-14,16-18H2. The molecule has 0 aliphatic carbocycles. The first-order valence-corrected chi connectivity index (χ1v) is 11.4. The number of aliphatic hydroxyl groups excluding tert-OH is 1. The summed E-state index contributed by atoms with van der Waals surface area (Å²) in [4.78, 5) is 17.6. The molecule has 0 radical (unpaired) electrons. The van der Waals surface area contributed by atoms with E-state index in [0.29, 0.717) is 0 Å². The Morgan fingerprint density at radius 1 is 0.967 bits per heavy atom. The van der Waals surface area contributed by atoms with Crippen LogP contribution in [0.25, 0.3) is 10.8 Å². The monoisotopic (exact) mass is 408 g/mol. The second kappa shape index (κ2) is 8.29. The van der Waals surface area contributed by atoms with Crippen LogP contribution in [0, 0.1) is 5.41 Å². The largest absolute Gasteiger partial charge is 0.461 e. The molecule has 2 aromatic rings. The zero-order valence-electron chi connectivity index (χ0n) is 17.6. The molecule has 30 heavy (non-hydrogen) atoms. The molecule has 1 spiro atoms. The molecule has 0 aromatic heterocycles. The van der Waals surface area contributed by atoms with E-state index in [0.717, 1.165) is 71.4 Å². The molecule has 3 saturated heterocycles. The molecule has 5 heteroatoms. The van der Waals surface area contributed by atoms with Crippen molar-refractivity contribution in [3.63, 3.8) is 0 Å². The molecular weight excluding hydrogens is 376 g/mol. The van der Waals surface area contributed by atoms with Gasteiger partial charge in [0, 0.05) is 32.6 Å². The lowest BCUT2D eigenvalue weighted by molar-refractivity contribution is -0.151. The van der Waals surface area contributed by atoms with Crippen molar-refractivity contribution in [1.29, 1.82) is 0 Å². The van der Waals surface area contributed by atoms with E-state index in [1.54, 1.807) is 0 Å². The van der Waals surface area contributed by atoms with Crippen LogP contribution >= 0.6 is 0 Å². The number of aliphatic hydroxyl groups is 1. The van der Waals surface area contributed by atoms with Gasteiger partial charge >= 0.3 is 5.97 Å². The second-order valence-electron chi connectivity index (χ2n) is 9.50. The highest BCUT2D eigenvalue weighted by atomic mass is 16.6. The lowest BCUT2D eigenvalue weighted by Crippen LogP contribution is -2.42. The number of hydrogen-bond donors (Lipinski definition) is 1. The lowest BCUT2D eigenvalue weighted by Gasteiger charge is -2.36. The molecule has 0 amide bonds. The SMILES string of the molecule is O=C1OC(CN2CCC(O)CC2)CC12CCN(Cc1ccc3ccccc3c1)CC2. The summed E-state index contributed by atoms with van der Waals surface area (Å²) in [5.41, 5.74) is 1.06. The summed E-state index contributed by atoms with van der Waals surface area (Å²) in [6.45, 7) is 5.47. The average molecular weight is 409 g/mol. The number of hydrogen-bond acceptors (Lipinski definition) is 5. The average Bonchev–Trinajstić information content (AvgIpc) is 3.06. The summed E-state index contributed by atoms with van der Waals surface area (Å²) in [6, 6.07) is 15.2. The minimum Gasteiger partial charge on any atom is -0.461 e. The number of piperidine rings is 2. The van der Waals surface area contributed by atoms with E-state index < -0.39 is 0 Å². The summed E-state index contributed by atoms with van der Waals surface area (Å²) < 4.78 is 5.82. The van der Waals surface area contributed by atoms with Crippen molar-refractivity contribution in [2.24, 2.45) is 5.41 Å². The van der Waals surface area contributed by atoms with Gasteiger partial charge in [-0.05, 0) is 61.2 Å². The Bertz CT molecular complexity index is 898. The van der Waals surface area contributed by atoms with Crippen LogP contribution in [0.4, 0.5) is 0 Å². The predicted octanol–water partition coefficient (Wildman–Crippen LogP) is 3.19. The maximum Gasteiger partial charge on any atom is 0.312 e. The smallest absolute Gasteiger partial charge is 0.312 e. The summed E-state index contributed by atoms with van der Waals surface area (Å²) >= 11 is 0. The third-order valence-corrected chi connectivity index (χ3v) is 7.38. The van der Waals surface area contributed by atoms with Crippen LogP contribution in [0.1, 0.15) is 37.7 Å². The quantitative estimate of drug-likeness (QED) is 0.788. The first kappa shape index (κ1) is 20.0. The molecule has 1 unspecified atom stereocenters. The van der Waals surface area contributed by atoms with E-state index in [9.17, 15) is 9.90 Å². The van der Waals surface area contributed by atoms with Crippen LogP contribution in [0.3, 0.4) is 0 Å². The Hall–Kier alpha value is -1.95. The molecule has 5 nitrogen and oxygen atoms in total. The predicted molar refractivity (Wildman–Crippen MR) is 117 cm³/mol. The van der Waals surface area contributed by atoms with Crippen molar-refractivity contribution in [2.45, 2.75) is 50.9 Å². The van der Waals surface area contributed by atoms with E-state index in [1.807, 2.05) is 0 Å². The normalized spacial score (nSPS) is 25.8.